The summed E-state index contributed by atoms with van der Waals surface area (Å²) >= 11 is 0.727. The highest BCUT2D eigenvalue weighted by atomic mass is 32.2. The minimum Gasteiger partial charge on any atom is -0.397 e. The van der Waals surface area contributed by atoms with Crippen molar-refractivity contribution < 1.29 is 53.3 Å². The van der Waals surface area contributed by atoms with Gasteiger partial charge in [-0.2, -0.15) is 0 Å². The molecule has 244 valence electrons. The number of hydrogen-bond donors (Lipinski definition) is 11. The molecule has 0 radical (unpaired) electrons. The van der Waals surface area contributed by atoms with Crippen LogP contribution in [0.15, 0.2) is 30.2 Å². The van der Waals surface area contributed by atoms with E-state index in [0.29, 0.717) is 17.8 Å². The number of nitrogens with zero attached hydrogens (tertiary/aromatic N) is 1. The van der Waals surface area contributed by atoms with Gasteiger partial charge in [0.1, 0.15) is 53.5 Å². The molecule has 18 heteroatoms. The normalized spacial score (nSPS) is 33.9. The van der Waals surface area contributed by atoms with Crippen molar-refractivity contribution in [3.05, 3.63) is 53.2 Å². The Hall–Kier alpha value is -2.36. The molecule has 0 bridgehead atoms. The van der Waals surface area contributed by atoms with Crippen LogP contribution in [0.25, 0.3) is 5.70 Å². The molecule has 0 amide bonds. The largest absolute Gasteiger partial charge is 0.397 e. The first-order valence-electron chi connectivity index (χ1n) is 13.2. The first kappa shape index (κ1) is 35.1. The van der Waals surface area contributed by atoms with Crippen molar-refractivity contribution in [3.63, 3.8) is 0 Å². The van der Waals surface area contributed by atoms with Crippen LogP contribution in [-0.4, -0.2) is 108 Å². The minimum atomic E-state index is -1.70. The monoisotopic (exact) mass is 640 g/mol. The SMILES string of the molecule is CC(C)/C(=C/NC1C(O)C(CO)OC(SC2OC(CO)C(O)[C@H](N(N)/C=C(\N)c3cc(F)c(F)c(F)c3)C2O)C1O)NN. The molecule has 1 aromatic carbocycles. The lowest BCUT2D eigenvalue weighted by Crippen LogP contribution is -2.66. The van der Waals surface area contributed by atoms with E-state index in [4.69, 9.17) is 26.9 Å². The van der Waals surface area contributed by atoms with Gasteiger partial charge in [0.15, 0.2) is 17.5 Å². The third kappa shape index (κ3) is 7.84. The highest BCUT2D eigenvalue weighted by Crippen LogP contribution is 2.37. The summed E-state index contributed by atoms with van der Waals surface area (Å²) in [5.41, 5.74) is 5.77. The van der Waals surface area contributed by atoms with Crippen LogP contribution >= 0.6 is 11.8 Å². The molecule has 0 saturated carbocycles. The summed E-state index contributed by atoms with van der Waals surface area (Å²) in [6, 6.07) is -1.25. The minimum absolute atomic E-state index is 0.0431. The van der Waals surface area contributed by atoms with E-state index in [0.717, 1.165) is 23.0 Å². The molecule has 1 aromatic rings. The van der Waals surface area contributed by atoms with E-state index in [2.05, 4.69) is 10.7 Å². The van der Waals surface area contributed by atoms with Crippen molar-refractivity contribution in [2.24, 2.45) is 23.3 Å². The average Bonchev–Trinajstić information content (AvgIpc) is 2.95. The number of halogens is 3. The maximum atomic E-state index is 13.7. The molecule has 3 rings (SSSR count). The number of aliphatic hydroxyl groups is 6. The first-order chi connectivity index (χ1) is 20.2. The third-order valence-electron chi connectivity index (χ3n) is 7.17. The van der Waals surface area contributed by atoms with Gasteiger partial charge in [0, 0.05) is 23.7 Å². The van der Waals surface area contributed by atoms with Crippen LogP contribution < -0.4 is 28.2 Å². The van der Waals surface area contributed by atoms with Crippen molar-refractivity contribution in [1.82, 2.24) is 15.8 Å². The maximum absolute atomic E-state index is 13.7. The van der Waals surface area contributed by atoms with E-state index in [-0.39, 0.29) is 17.2 Å². The summed E-state index contributed by atoms with van der Waals surface area (Å²) in [5.74, 6) is 6.85. The Morgan fingerprint density at radius 2 is 1.51 bits per heavy atom. The molecule has 2 aliphatic heterocycles. The second kappa shape index (κ2) is 15.1. The van der Waals surface area contributed by atoms with Gasteiger partial charge in [-0.3, -0.25) is 5.84 Å². The lowest BCUT2D eigenvalue weighted by atomic mass is 9.96. The zero-order chi connectivity index (χ0) is 32.2. The fourth-order valence-corrected chi connectivity index (χ4v) is 6.00. The van der Waals surface area contributed by atoms with Gasteiger partial charge in [-0.15, -0.1) is 0 Å². The first-order valence-corrected chi connectivity index (χ1v) is 14.2. The van der Waals surface area contributed by atoms with E-state index in [1.807, 2.05) is 13.8 Å². The molecule has 0 aliphatic carbocycles. The quantitative estimate of drug-likeness (QED) is 0.0677. The Labute approximate surface area is 249 Å². The second-order valence-electron chi connectivity index (χ2n) is 10.4. The van der Waals surface area contributed by atoms with Crippen molar-refractivity contribution in [2.45, 2.75) is 73.4 Å². The van der Waals surface area contributed by atoms with E-state index < -0.39 is 90.2 Å². The molecular weight excluding hydrogens is 601 g/mol. The summed E-state index contributed by atoms with van der Waals surface area (Å²) in [6.07, 6.45) is -6.17. The fourth-order valence-electron chi connectivity index (χ4n) is 4.67. The van der Waals surface area contributed by atoms with E-state index >= 15 is 0 Å². The molecule has 43 heavy (non-hydrogen) atoms. The van der Waals surface area contributed by atoms with Gasteiger partial charge in [0.25, 0.3) is 0 Å². The van der Waals surface area contributed by atoms with E-state index in [1.165, 1.54) is 6.20 Å². The predicted molar refractivity (Wildman–Crippen MR) is 149 cm³/mol. The number of rotatable bonds is 11. The number of aliphatic hydroxyl groups excluding tert-OH is 6. The second-order valence-corrected chi connectivity index (χ2v) is 11.6. The number of thioether (sulfide) groups is 1. The third-order valence-corrected chi connectivity index (χ3v) is 8.49. The number of nitrogens with two attached hydrogens (primary N) is 3. The number of ether oxygens (including phenoxy) is 2. The van der Waals surface area contributed by atoms with Crippen LogP contribution in [-0.2, 0) is 9.47 Å². The van der Waals surface area contributed by atoms with Crippen molar-refractivity contribution in [1.29, 1.82) is 0 Å². The fraction of sp³-hybridized carbons (Fsp3) is 0.600. The van der Waals surface area contributed by atoms with Gasteiger partial charge in [-0.05, 0) is 18.1 Å². The van der Waals surface area contributed by atoms with Crippen LogP contribution in [0.4, 0.5) is 13.2 Å². The van der Waals surface area contributed by atoms with Gasteiger partial charge in [0.05, 0.1) is 25.0 Å². The molecule has 0 aromatic heterocycles. The Kier molecular flexibility index (Phi) is 12.3. The van der Waals surface area contributed by atoms with Gasteiger partial charge in [0.2, 0.25) is 0 Å². The topological polar surface area (TPSA) is 245 Å². The van der Waals surface area contributed by atoms with Crippen molar-refractivity contribution in [2.75, 3.05) is 13.2 Å². The van der Waals surface area contributed by atoms with Crippen molar-refractivity contribution >= 4 is 17.5 Å². The van der Waals surface area contributed by atoms with E-state index in [1.54, 1.807) is 0 Å². The summed E-state index contributed by atoms with van der Waals surface area (Å²) in [6.45, 7) is 2.35. The molecule has 2 heterocycles. The van der Waals surface area contributed by atoms with Gasteiger partial charge >= 0.3 is 0 Å². The Morgan fingerprint density at radius 3 is 2.02 bits per heavy atom. The number of nitrogens with one attached hydrogen (secondary N) is 2. The van der Waals surface area contributed by atoms with Crippen LogP contribution in [0.3, 0.4) is 0 Å². The van der Waals surface area contributed by atoms with E-state index in [9.17, 15) is 43.8 Å². The summed E-state index contributed by atoms with van der Waals surface area (Å²) in [7, 11) is 0. The number of hydrogen-bond acceptors (Lipinski definition) is 15. The average molecular weight is 641 g/mol. The molecule has 0 spiro atoms. The molecule has 2 fully saturated rings. The smallest absolute Gasteiger partial charge is 0.194 e. The Morgan fingerprint density at radius 1 is 0.977 bits per heavy atom. The predicted octanol–water partition coefficient (Wildman–Crippen LogP) is -2.56. The molecule has 9 unspecified atom stereocenters. The highest BCUT2D eigenvalue weighted by molar-refractivity contribution is 8.00. The maximum Gasteiger partial charge on any atom is 0.194 e. The molecule has 14 nitrogen and oxygen atoms in total. The zero-order valence-electron chi connectivity index (χ0n) is 23.3. The molecule has 10 atom stereocenters. The summed E-state index contributed by atoms with van der Waals surface area (Å²) < 4.78 is 52.2. The number of hydrazine groups is 2. The Balaban J connectivity index is 1.85. The van der Waals surface area contributed by atoms with Gasteiger partial charge in [-0.1, -0.05) is 25.6 Å². The summed E-state index contributed by atoms with van der Waals surface area (Å²) in [4.78, 5) is 0. The Bertz CT molecular complexity index is 1130. The van der Waals surface area contributed by atoms with Crippen LogP contribution in [0.5, 0.6) is 0 Å². The van der Waals surface area contributed by atoms with Crippen LogP contribution in [0, 0.1) is 23.4 Å². The number of benzene rings is 1. The molecule has 14 N–H and O–H groups in total. The van der Waals surface area contributed by atoms with Crippen molar-refractivity contribution in [3.8, 4) is 0 Å². The lowest BCUT2D eigenvalue weighted by molar-refractivity contribution is -0.188. The molecule has 2 saturated heterocycles. The molecule has 2 aliphatic rings. The van der Waals surface area contributed by atoms with Gasteiger partial charge in [-0.25, -0.2) is 19.0 Å². The van der Waals surface area contributed by atoms with Gasteiger partial charge < -0.3 is 61.6 Å². The molecular formula is C25H39F3N6O8S. The summed E-state index contributed by atoms with van der Waals surface area (Å²) in [5, 5.41) is 67.1. The standard InChI is InChI=1S/C25H39F3N6O8S/c1-9(2)14(33-30)5-32-18-20(37)15(7-35)41-24(22(18)39)43-25-23(40)19(21(38)16(8-36)42-25)34(31)6-13(29)10-3-11(26)17(28)12(27)4-10/h3-6,9,15-16,18-25,32-33,35-40H,7-8,29-31H2,1-2H3/b13-6-,14-5-/t15?,16?,18?,19-,20?,21?,22?,23?,24?,25?/m0/s1. The highest BCUT2D eigenvalue weighted by Gasteiger charge is 2.51. The lowest BCUT2D eigenvalue weighted by Gasteiger charge is -2.47. The van der Waals surface area contributed by atoms with Crippen LogP contribution in [0.1, 0.15) is 19.4 Å². The number of allylic oxidation sites excluding steroid dienone is 1. The zero-order valence-corrected chi connectivity index (χ0v) is 24.1. The van der Waals surface area contributed by atoms with Crippen LogP contribution in [0.2, 0.25) is 0 Å².